The molecule has 55 heavy (non-hydrogen) atoms. The van der Waals surface area contributed by atoms with Gasteiger partial charge >= 0.3 is 0 Å². The van der Waals surface area contributed by atoms with Gasteiger partial charge in [-0.3, -0.25) is 0 Å². The van der Waals surface area contributed by atoms with Gasteiger partial charge in [0, 0.05) is 27.5 Å². The molecule has 0 spiro atoms. The molecule has 9 aromatic carbocycles. The van der Waals surface area contributed by atoms with Crippen molar-refractivity contribution in [1.82, 2.24) is 15.0 Å². The van der Waals surface area contributed by atoms with E-state index in [1.807, 2.05) is 36.4 Å². The Morgan fingerprint density at radius 1 is 0.291 bits per heavy atom. The highest BCUT2D eigenvalue weighted by Crippen LogP contribution is 2.42. The average molecular weight is 702 g/mol. The van der Waals surface area contributed by atoms with Crippen LogP contribution in [0.5, 0.6) is 0 Å². The van der Waals surface area contributed by atoms with Gasteiger partial charge in [-0.05, 0) is 78.8 Å². The molecule has 2 heterocycles. The van der Waals surface area contributed by atoms with E-state index in [1.54, 1.807) is 0 Å². The van der Waals surface area contributed by atoms with Gasteiger partial charge in [-0.1, -0.05) is 164 Å². The Kier molecular flexibility index (Phi) is 7.14. The lowest BCUT2D eigenvalue weighted by Gasteiger charge is -2.11. The molecule has 11 aromatic rings. The molecule has 11 rings (SSSR count). The normalized spacial score (nSPS) is 11.6. The van der Waals surface area contributed by atoms with Crippen LogP contribution in [0.3, 0.4) is 0 Å². The first-order valence-corrected chi connectivity index (χ1v) is 18.5. The van der Waals surface area contributed by atoms with Gasteiger partial charge in [0.1, 0.15) is 11.2 Å². The van der Waals surface area contributed by atoms with Gasteiger partial charge in [0.25, 0.3) is 0 Å². The Morgan fingerprint density at radius 3 is 1.51 bits per heavy atom. The fraction of sp³-hybridized carbons (Fsp3) is 0. The molecule has 0 fully saturated rings. The van der Waals surface area contributed by atoms with Crippen LogP contribution in [0.1, 0.15) is 0 Å². The lowest BCUT2D eigenvalue weighted by Crippen LogP contribution is -2.00. The molecule has 0 atom stereocenters. The zero-order valence-corrected chi connectivity index (χ0v) is 29.6. The number of hydrogen-bond acceptors (Lipinski definition) is 4. The van der Waals surface area contributed by atoms with Crippen molar-refractivity contribution in [3.05, 3.63) is 188 Å². The molecule has 0 saturated carbocycles. The van der Waals surface area contributed by atoms with E-state index < -0.39 is 0 Å². The van der Waals surface area contributed by atoms with Crippen molar-refractivity contribution in [2.24, 2.45) is 0 Å². The van der Waals surface area contributed by atoms with E-state index in [4.69, 9.17) is 19.4 Å². The molecule has 4 heteroatoms. The van der Waals surface area contributed by atoms with Crippen LogP contribution in [-0.4, -0.2) is 15.0 Å². The lowest BCUT2D eigenvalue weighted by molar-refractivity contribution is 0.669. The van der Waals surface area contributed by atoms with Crippen LogP contribution in [0.2, 0.25) is 0 Å². The van der Waals surface area contributed by atoms with Crippen LogP contribution in [0.25, 0.3) is 111 Å². The first-order chi connectivity index (χ1) is 27.2. The first-order valence-electron chi connectivity index (χ1n) is 18.5. The quantitative estimate of drug-likeness (QED) is 0.179. The molecular weight excluding hydrogens is 671 g/mol. The summed E-state index contributed by atoms with van der Waals surface area (Å²) in [5.41, 5.74) is 9.10. The molecule has 0 unspecified atom stereocenters. The number of aromatic nitrogens is 3. The molecule has 4 nitrogen and oxygen atoms in total. The third kappa shape index (κ3) is 5.26. The minimum atomic E-state index is 0.606. The second-order valence-corrected chi connectivity index (χ2v) is 14.0. The molecule has 0 aliphatic heterocycles. The summed E-state index contributed by atoms with van der Waals surface area (Å²) in [5, 5.41) is 9.31. The van der Waals surface area contributed by atoms with Gasteiger partial charge in [0.2, 0.25) is 0 Å². The molecule has 0 N–H and O–H groups in total. The van der Waals surface area contributed by atoms with Crippen molar-refractivity contribution in [3.63, 3.8) is 0 Å². The molecule has 256 valence electrons. The summed E-state index contributed by atoms with van der Waals surface area (Å²) >= 11 is 0. The van der Waals surface area contributed by atoms with Gasteiger partial charge in [0.15, 0.2) is 17.5 Å². The Morgan fingerprint density at radius 2 is 0.800 bits per heavy atom. The first kappa shape index (κ1) is 31.1. The fourth-order valence-electron chi connectivity index (χ4n) is 8.09. The van der Waals surface area contributed by atoms with Crippen LogP contribution in [0, 0.1) is 0 Å². The number of rotatable bonds is 5. The Labute approximate surface area is 317 Å². The van der Waals surface area contributed by atoms with Crippen LogP contribution in [-0.2, 0) is 0 Å². The molecule has 0 aliphatic rings. The highest BCUT2D eigenvalue weighted by atomic mass is 16.3. The monoisotopic (exact) mass is 701 g/mol. The van der Waals surface area contributed by atoms with E-state index in [2.05, 4.69) is 152 Å². The SMILES string of the molecule is c1ccc(-c2nc(-c3ccc(-c4cccc5ccccc45)cc3)nc(-c3ccc4oc5cc(-c6cccc7ccccc67)c6ccccc6c5c4c3)n2)cc1. The zero-order chi connectivity index (χ0) is 36.3. The Bertz CT molecular complexity index is 3250. The molecular formula is C51H31N3O. The van der Waals surface area contributed by atoms with Crippen LogP contribution in [0.15, 0.2) is 192 Å². The van der Waals surface area contributed by atoms with E-state index in [0.717, 1.165) is 55.1 Å². The largest absolute Gasteiger partial charge is 0.456 e. The minimum Gasteiger partial charge on any atom is -0.456 e. The van der Waals surface area contributed by atoms with Crippen LogP contribution >= 0.6 is 0 Å². The standard InChI is InChI=1S/C51H31N3O/c1-2-14-35(15-3-1)49-52-50(36-26-24-34(25-27-36)39-22-10-16-32-12-4-6-18-38(32)39)54-51(53-49)37-28-29-46-45(30-37)48-43-21-9-8-20-42(43)44(31-47(48)55-46)41-23-11-17-33-13-5-7-19-40(33)41/h1-31H. The maximum Gasteiger partial charge on any atom is 0.164 e. The highest BCUT2D eigenvalue weighted by molar-refractivity contribution is 6.23. The maximum atomic E-state index is 6.63. The summed E-state index contributed by atoms with van der Waals surface area (Å²) in [6.45, 7) is 0. The molecule has 0 radical (unpaired) electrons. The number of fused-ring (bicyclic) bond motifs is 7. The van der Waals surface area contributed by atoms with Crippen LogP contribution < -0.4 is 0 Å². The van der Waals surface area contributed by atoms with Crippen molar-refractivity contribution in [1.29, 1.82) is 0 Å². The summed E-state index contributed by atoms with van der Waals surface area (Å²) in [6, 6.07) is 65.7. The smallest absolute Gasteiger partial charge is 0.164 e. The third-order valence-electron chi connectivity index (χ3n) is 10.7. The fourth-order valence-corrected chi connectivity index (χ4v) is 8.09. The molecule has 0 bridgehead atoms. The maximum absolute atomic E-state index is 6.63. The number of benzene rings is 9. The van der Waals surface area contributed by atoms with Gasteiger partial charge in [-0.2, -0.15) is 0 Å². The van der Waals surface area contributed by atoms with E-state index >= 15 is 0 Å². The van der Waals surface area contributed by atoms with Crippen molar-refractivity contribution in [2.45, 2.75) is 0 Å². The van der Waals surface area contributed by atoms with E-state index in [1.165, 1.54) is 38.1 Å². The van der Waals surface area contributed by atoms with E-state index in [-0.39, 0.29) is 0 Å². The lowest BCUT2D eigenvalue weighted by atomic mass is 9.92. The third-order valence-corrected chi connectivity index (χ3v) is 10.7. The summed E-state index contributed by atoms with van der Waals surface area (Å²) in [6.07, 6.45) is 0. The number of furan rings is 1. The van der Waals surface area contributed by atoms with Crippen molar-refractivity contribution >= 4 is 54.3 Å². The zero-order valence-electron chi connectivity index (χ0n) is 29.6. The molecule has 0 amide bonds. The van der Waals surface area contributed by atoms with Gasteiger partial charge in [-0.15, -0.1) is 0 Å². The average Bonchev–Trinajstić information content (AvgIpc) is 3.64. The summed E-state index contributed by atoms with van der Waals surface area (Å²) in [4.78, 5) is 15.2. The summed E-state index contributed by atoms with van der Waals surface area (Å²) < 4.78 is 6.63. The van der Waals surface area contributed by atoms with Gasteiger partial charge in [0.05, 0.1) is 0 Å². The van der Waals surface area contributed by atoms with Crippen LogP contribution in [0.4, 0.5) is 0 Å². The minimum absolute atomic E-state index is 0.606. The molecule has 0 aliphatic carbocycles. The van der Waals surface area contributed by atoms with Gasteiger partial charge < -0.3 is 4.42 Å². The molecule has 2 aromatic heterocycles. The molecule has 0 saturated heterocycles. The van der Waals surface area contributed by atoms with E-state index in [9.17, 15) is 0 Å². The predicted octanol–water partition coefficient (Wildman–Crippen LogP) is 13.6. The number of nitrogens with zero attached hydrogens (tertiary/aromatic N) is 3. The van der Waals surface area contributed by atoms with Crippen molar-refractivity contribution < 1.29 is 4.42 Å². The topological polar surface area (TPSA) is 51.8 Å². The summed E-state index contributed by atoms with van der Waals surface area (Å²) in [5.74, 6) is 1.85. The Balaban J connectivity index is 1.07. The van der Waals surface area contributed by atoms with Crippen molar-refractivity contribution in [3.8, 4) is 56.4 Å². The second-order valence-electron chi connectivity index (χ2n) is 14.0. The summed E-state index contributed by atoms with van der Waals surface area (Å²) in [7, 11) is 0. The number of hydrogen-bond donors (Lipinski definition) is 0. The van der Waals surface area contributed by atoms with Crippen molar-refractivity contribution in [2.75, 3.05) is 0 Å². The Hall–Kier alpha value is -7.43. The second kappa shape index (κ2) is 12.6. The van der Waals surface area contributed by atoms with E-state index in [0.29, 0.717) is 17.5 Å². The highest BCUT2D eigenvalue weighted by Gasteiger charge is 2.19. The predicted molar refractivity (Wildman–Crippen MR) is 227 cm³/mol. The van der Waals surface area contributed by atoms with Gasteiger partial charge in [-0.25, -0.2) is 15.0 Å².